The maximum atomic E-state index is 2.47. The Balaban J connectivity index is 0.976. The molecule has 0 fully saturated rings. The molecule has 1 unspecified atom stereocenters. The van der Waals surface area contributed by atoms with Crippen molar-refractivity contribution in [3.05, 3.63) is 253 Å². The molecule has 0 saturated heterocycles. The third-order valence-corrected chi connectivity index (χ3v) is 13.8. The molecule has 11 aromatic rings. The van der Waals surface area contributed by atoms with E-state index in [1.54, 1.807) is 0 Å². The number of nitrogens with zero attached hydrogens (tertiary/aromatic N) is 4. The highest BCUT2D eigenvalue weighted by Gasteiger charge is 2.26. The highest BCUT2D eigenvalue weighted by molar-refractivity contribution is 7.19. The third kappa shape index (κ3) is 7.03. The van der Waals surface area contributed by atoms with Crippen LogP contribution in [0.15, 0.2) is 243 Å². The zero-order valence-corrected chi connectivity index (χ0v) is 36.5. The Morgan fingerprint density at radius 1 is 0.385 bits per heavy atom. The van der Waals surface area contributed by atoms with E-state index in [0.717, 1.165) is 57.3 Å². The summed E-state index contributed by atoms with van der Waals surface area (Å²) in [4.78, 5) is 8.64. The molecule has 0 radical (unpaired) electrons. The van der Waals surface area contributed by atoms with E-state index in [1.807, 2.05) is 11.3 Å². The normalized spacial score (nSPS) is 13.3. The number of thiophene rings is 1. The van der Waals surface area contributed by atoms with Gasteiger partial charge in [-0.25, -0.2) is 0 Å². The predicted molar refractivity (Wildman–Crippen MR) is 277 cm³/mol. The zero-order chi connectivity index (χ0) is 43.1. The lowest BCUT2D eigenvalue weighted by molar-refractivity contribution is 0.777. The lowest BCUT2D eigenvalue weighted by atomic mass is 9.97. The van der Waals surface area contributed by atoms with Gasteiger partial charge in [0.05, 0.1) is 17.1 Å². The minimum absolute atomic E-state index is 0.194. The second-order valence-electron chi connectivity index (χ2n) is 16.5. The second kappa shape index (κ2) is 16.5. The van der Waals surface area contributed by atoms with Gasteiger partial charge in [-0.15, -0.1) is 11.3 Å². The van der Waals surface area contributed by atoms with Crippen LogP contribution in [0.5, 0.6) is 0 Å². The van der Waals surface area contributed by atoms with Crippen molar-refractivity contribution in [2.45, 2.75) is 12.5 Å². The summed E-state index contributed by atoms with van der Waals surface area (Å²) in [7, 11) is 0. The van der Waals surface area contributed by atoms with E-state index in [9.17, 15) is 0 Å². The summed E-state index contributed by atoms with van der Waals surface area (Å²) in [5.74, 6) is 0. The fourth-order valence-corrected chi connectivity index (χ4v) is 11.0. The molecule has 65 heavy (non-hydrogen) atoms. The molecule has 0 saturated carbocycles. The molecule has 1 aliphatic carbocycles. The largest absolute Gasteiger partial charge is 0.334 e. The van der Waals surface area contributed by atoms with Gasteiger partial charge in [-0.1, -0.05) is 140 Å². The SMILES string of the molecule is C1=CC(N(c2ccccc2)c2ccccc2)Cc2sc3cc(N(c4ccccc4)c4ccc5c6ccc(N(c7ccccc7)c7ccccc7)cc6n(-c6ccccc6)c5c4)ccc3c21. The van der Waals surface area contributed by atoms with Crippen LogP contribution in [0.2, 0.25) is 0 Å². The van der Waals surface area contributed by atoms with E-state index < -0.39 is 0 Å². The van der Waals surface area contributed by atoms with Crippen molar-refractivity contribution in [1.29, 1.82) is 0 Å². The molecule has 0 bridgehead atoms. The molecule has 0 spiro atoms. The Labute approximate surface area is 383 Å². The van der Waals surface area contributed by atoms with Gasteiger partial charge < -0.3 is 19.3 Å². The summed E-state index contributed by atoms with van der Waals surface area (Å²) in [5, 5.41) is 3.72. The van der Waals surface area contributed by atoms with E-state index in [0.29, 0.717) is 0 Å². The topological polar surface area (TPSA) is 14.7 Å². The fraction of sp³-hybridized carbons (Fsp3) is 0.0333. The van der Waals surface area contributed by atoms with E-state index in [-0.39, 0.29) is 6.04 Å². The Hall–Kier alpha value is -8.12. The molecule has 1 aliphatic rings. The zero-order valence-electron chi connectivity index (χ0n) is 35.7. The predicted octanol–water partition coefficient (Wildman–Crippen LogP) is 16.7. The van der Waals surface area contributed by atoms with Crippen molar-refractivity contribution >= 4 is 94.8 Å². The number of hydrogen-bond acceptors (Lipinski definition) is 4. The number of hydrogen-bond donors (Lipinski definition) is 0. The molecule has 2 heterocycles. The molecule has 1 atom stereocenters. The summed E-state index contributed by atoms with van der Waals surface area (Å²) in [6, 6.07) is 85.5. The first-order valence-corrected chi connectivity index (χ1v) is 23.1. The Kier molecular flexibility index (Phi) is 9.81. The van der Waals surface area contributed by atoms with Crippen LogP contribution in [0.4, 0.5) is 45.5 Å². The number of rotatable bonds is 10. The molecule has 2 aromatic heterocycles. The standard InChI is InChI=1S/C60H44N4S/c1-7-19-43(20-8-1)61(44-21-9-2-10-22-44)49-31-35-53-54-36-32-50(40-58(54)64(57(53)39-49)48-29-17-6-18-30-48)63(47-27-15-5-16-28-47)52-34-38-56-55-37-33-51(41-59(55)65-60(56)42-52)62(45-23-11-3-12-24-45)46-25-13-4-14-26-46/h1-40,42,51H,41H2. The van der Waals surface area contributed by atoms with Gasteiger partial charge in [-0.05, 0) is 115 Å². The first kappa shape index (κ1) is 38.5. The smallest absolute Gasteiger partial charge is 0.0574 e. The summed E-state index contributed by atoms with van der Waals surface area (Å²) in [5.41, 5.74) is 13.8. The van der Waals surface area contributed by atoms with Gasteiger partial charge in [0.15, 0.2) is 0 Å². The molecule has 12 rings (SSSR count). The molecule has 5 heteroatoms. The van der Waals surface area contributed by atoms with Crippen LogP contribution >= 0.6 is 11.3 Å². The van der Waals surface area contributed by atoms with Gasteiger partial charge in [0.2, 0.25) is 0 Å². The van der Waals surface area contributed by atoms with Crippen molar-refractivity contribution < 1.29 is 0 Å². The molecule has 310 valence electrons. The minimum Gasteiger partial charge on any atom is -0.334 e. The van der Waals surface area contributed by atoms with Crippen molar-refractivity contribution in [3.63, 3.8) is 0 Å². The first-order chi connectivity index (χ1) is 32.2. The lowest BCUT2D eigenvalue weighted by Gasteiger charge is -2.33. The van der Waals surface area contributed by atoms with Gasteiger partial charge in [0.25, 0.3) is 0 Å². The van der Waals surface area contributed by atoms with Gasteiger partial charge >= 0.3 is 0 Å². The first-order valence-electron chi connectivity index (χ1n) is 22.3. The van der Waals surface area contributed by atoms with Crippen molar-refractivity contribution in [2.75, 3.05) is 14.7 Å². The Morgan fingerprint density at radius 3 is 1.26 bits per heavy atom. The summed E-state index contributed by atoms with van der Waals surface area (Å²) in [6.07, 6.45) is 5.68. The molecule has 4 nitrogen and oxygen atoms in total. The van der Waals surface area contributed by atoms with Gasteiger partial charge in [-0.3, -0.25) is 0 Å². The average molecular weight is 853 g/mol. The number of anilines is 8. The quantitative estimate of drug-likeness (QED) is 0.136. The van der Waals surface area contributed by atoms with E-state index in [2.05, 4.69) is 268 Å². The Morgan fingerprint density at radius 2 is 0.785 bits per heavy atom. The number of para-hydroxylation sites is 6. The molecular weight excluding hydrogens is 809 g/mol. The van der Waals surface area contributed by atoms with Crippen LogP contribution in [0.25, 0.3) is 43.7 Å². The van der Waals surface area contributed by atoms with E-state index in [1.165, 1.54) is 42.7 Å². The number of aromatic nitrogens is 1. The third-order valence-electron chi connectivity index (χ3n) is 12.6. The van der Waals surface area contributed by atoms with Gasteiger partial charge in [0.1, 0.15) is 0 Å². The minimum atomic E-state index is 0.194. The van der Waals surface area contributed by atoms with Gasteiger partial charge in [-0.2, -0.15) is 0 Å². The summed E-state index contributed by atoms with van der Waals surface area (Å²) in [6.45, 7) is 0. The van der Waals surface area contributed by atoms with Crippen LogP contribution in [0.1, 0.15) is 10.4 Å². The Bertz CT molecular complexity index is 3380. The molecule has 0 amide bonds. The highest BCUT2D eigenvalue weighted by atomic mass is 32.1. The number of benzene rings is 9. The second-order valence-corrected chi connectivity index (χ2v) is 17.7. The van der Waals surface area contributed by atoms with E-state index >= 15 is 0 Å². The molecule has 0 aliphatic heterocycles. The maximum absolute atomic E-state index is 2.47. The monoisotopic (exact) mass is 852 g/mol. The molecule has 0 N–H and O–H groups in total. The number of fused-ring (bicyclic) bond motifs is 6. The van der Waals surface area contributed by atoms with Crippen molar-refractivity contribution in [1.82, 2.24) is 4.57 Å². The van der Waals surface area contributed by atoms with Crippen LogP contribution < -0.4 is 14.7 Å². The van der Waals surface area contributed by atoms with Crippen LogP contribution in [0.3, 0.4) is 0 Å². The van der Waals surface area contributed by atoms with Gasteiger partial charge in [0, 0.05) is 83.3 Å². The van der Waals surface area contributed by atoms with Crippen LogP contribution in [-0.2, 0) is 6.42 Å². The van der Waals surface area contributed by atoms with Crippen LogP contribution in [-0.4, -0.2) is 10.6 Å². The maximum Gasteiger partial charge on any atom is 0.0574 e. The van der Waals surface area contributed by atoms with E-state index in [4.69, 9.17) is 0 Å². The van der Waals surface area contributed by atoms with Crippen molar-refractivity contribution in [2.24, 2.45) is 0 Å². The van der Waals surface area contributed by atoms with Crippen LogP contribution in [0, 0.1) is 0 Å². The molecule has 9 aromatic carbocycles. The molecular formula is C60H44N4S. The lowest BCUT2D eigenvalue weighted by Crippen LogP contribution is -2.32. The summed E-state index contributed by atoms with van der Waals surface area (Å²) >= 11 is 1.93. The average Bonchev–Trinajstić information content (AvgIpc) is 3.90. The fourth-order valence-electron chi connectivity index (χ4n) is 9.74. The summed E-state index contributed by atoms with van der Waals surface area (Å²) < 4.78 is 3.72. The highest BCUT2D eigenvalue weighted by Crippen LogP contribution is 2.45. The van der Waals surface area contributed by atoms with Crippen molar-refractivity contribution in [3.8, 4) is 5.69 Å².